The van der Waals surface area contributed by atoms with Crippen molar-refractivity contribution in [2.75, 3.05) is 0 Å². The highest BCUT2D eigenvalue weighted by atomic mass is 31.3. The Kier molecular flexibility index (Phi) is 7.01. The van der Waals surface area contributed by atoms with Crippen molar-refractivity contribution in [3.8, 4) is 0 Å². The summed E-state index contributed by atoms with van der Waals surface area (Å²) in [5.74, 6) is 0.407. The highest BCUT2D eigenvalue weighted by molar-refractivity contribution is 7.64. The molecule has 6 unspecified atom stereocenters. The third kappa shape index (κ3) is 5.84. The van der Waals surface area contributed by atoms with Crippen molar-refractivity contribution >= 4 is 27.0 Å². The summed E-state index contributed by atoms with van der Waals surface area (Å²) >= 11 is 0. The highest BCUT2D eigenvalue weighted by Gasteiger charge is 2.49. The van der Waals surface area contributed by atoms with Gasteiger partial charge in [-0.25, -0.2) is 8.88 Å². The van der Waals surface area contributed by atoms with Crippen LogP contribution in [0.25, 0.3) is 0 Å². The molecule has 0 spiro atoms. The minimum absolute atomic E-state index is 0.00209. The standard InChI is InChI=1S/C18H30O8P2/c19-15-6-3-12-1-2-13(9-12)10-16(20)11-18(17-8-5-14(17)4-7-15)27(21,22)26-28(23,24)25/h12-14,17-18H,1-11H2,(H,21,22)(H2,23,24,25). The fourth-order valence-electron chi connectivity index (χ4n) is 5.28. The lowest BCUT2D eigenvalue weighted by atomic mass is 9.68. The van der Waals surface area contributed by atoms with Crippen molar-refractivity contribution in [1.82, 2.24) is 0 Å². The van der Waals surface area contributed by atoms with E-state index in [2.05, 4.69) is 4.31 Å². The third-order valence-electron chi connectivity index (χ3n) is 6.84. The Morgan fingerprint density at radius 1 is 0.786 bits per heavy atom. The number of hydrogen-bond acceptors (Lipinski definition) is 5. The Labute approximate surface area is 165 Å². The molecule has 0 aromatic rings. The fraction of sp³-hybridized carbons (Fsp3) is 0.889. The van der Waals surface area contributed by atoms with Crippen molar-refractivity contribution in [2.45, 2.75) is 76.3 Å². The van der Waals surface area contributed by atoms with Crippen LogP contribution in [0.15, 0.2) is 0 Å². The summed E-state index contributed by atoms with van der Waals surface area (Å²) in [4.78, 5) is 53.3. The van der Waals surface area contributed by atoms with Gasteiger partial charge in [0.25, 0.3) is 0 Å². The summed E-state index contributed by atoms with van der Waals surface area (Å²) in [6.45, 7) is 0. The molecule has 28 heavy (non-hydrogen) atoms. The maximum atomic E-state index is 12.7. The van der Waals surface area contributed by atoms with Crippen LogP contribution in [0.2, 0.25) is 0 Å². The lowest BCUT2D eigenvalue weighted by Gasteiger charge is -2.42. The molecule has 0 heterocycles. The van der Waals surface area contributed by atoms with E-state index in [9.17, 15) is 23.6 Å². The second kappa shape index (κ2) is 8.79. The summed E-state index contributed by atoms with van der Waals surface area (Å²) < 4.78 is 28.2. The molecule has 2 bridgehead atoms. The largest absolute Gasteiger partial charge is 0.476 e. The molecule has 0 aliphatic heterocycles. The lowest BCUT2D eigenvalue weighted by Crippen LogP contribution is -2.38. The Morgan fingerprint density at radius 2 is 1.46 bits per heavy atom. The average molecular weight is 436 g/mol. The predicted molar refractivity (Wildman–Crippen MR) is 102 cm³/mol. The highest BCUT2D eigenvalue weighted by Crippen LogP contribution is 2.65. The minimum Gasteiger partial charge on any atom is -0.324 e. The lowest BCUT2D eigenvalue weighted by molar-refractivity contribution is -0.122. The molecule has 10 heteroatoms. The third-order valence-corrected chi connectivity index (χ3v) is 10.0. The van der Waals surface area contributed by atoms with E-state index >= 15 is 0 Å². The zero-order valence-corrected chi connectivity index (χ0v) is 17.7. The molecule has 3 saturated carbocycles. The van der Waals surface area contributed by atoms with Crippen LogP contribution in [0.4, 0.5) is 0 Å². The van der Waals surface area contributed by atoms with Gasteiger partial charge in [-0.15, -0.1) is 0 Å². The van der Waals surface area contributed by atoms with Crippen molar-refractivity contribution in [1.29, 1.82) is 0 Å². The molecular formula is C18H30O8P2. The molecule has 0 aromatic carbocycles. The number of hydrogen-bond donors (Lipinski definition) is 3. The van der Waals surface area contributed by atoms with E-state index in [1.54, 1.807) is 0 Å². The zero-order valence-electron chi connectivity index (χ0n) is 15.9. The molecule has 6 atom stereocenters. The summed E-state index contributed by atoms with van der Waals surface area (Å²) in [5, 5.41) is 0. The topological polar surface area (TPSA) is 138 Å². The van der Waals surface area contributed by atoms with Gasteiger partial charge in [-0.3, -0.25) is 14.2 Å². The van der Waals surface area contributed by atoms with E-state index in [0.717, 1.165) is 32.1 Å². The van der Waals surface area contributed by atoms with Gasteiger partial charge in [0.15, 0.2) is 0 Å². The molecule has 3 N–H and O–H groups in total. The van der Waals surface area contributed by atoms with Crippen LogP contribution < -0.4 is 0 Å². The van der Waals surface area contributed by atoms with Gasteiger partial charge in [-0.05, 0) is 62.2 Å². The van der Waals surface area contributed by atoms with Crippen LogP contribution >= 0.6 is 15.4 Å². The number of ketones is 2. The maximum Gasteiger partial charge on any atom is 0.476 e. The van der Waals surface area contributed by atoms with Crippen LogP contribution in [-0.2, 0) is 23.0 Å². The molecule has 0 amide bonds. The number of fused-ring (bicyclic) bond motifs is 3. The van der Waals surface area contributed by atoms with E-state index in [4.69, 9.17) is 9.79 Å². The van der Waals surface area contributed by atoms with Gasteiger partial charge in [-0.2, -0.15) is 0 Å². The monoisotopic (exact) mass is 436 g/mol. The van der Waals surface area contributed by atoms with Crippen LogP contribution in [0.5, 0.6) is 0 Å². The van der Waals surface area contributed by atoms with E-state index in [-0.39, 0.29) is 35.7 Å². The smallest absolute Gasteiger partial charge is 0.324 e. The predicted octanol–water partition coefficient (Wildman–Crippen LogP) is 3.58. The Bertz CT molecular complexity index is 702. The molecule has 0 saturated heterocycles. The quantitative estimate of drug-likeness (QED) is 0.571. The molecule has 0 radical (unpaired) electrons. The molecule has 3 aliphatic rings. The molecular weight excluding hydrogens is 406 g/mol. The van der Waals surface area contributed by atoms with Crippen LogP contribution in [0, 0.1) is 23.7 Å². The Balaban J connectivity index is 1.80. The van der Waals surface area contributed by atoms with E-state index in [1.807, 2.05) is 0 Å². The van der Waals surface area contributed by atoms with Crippen LogP contribution in [0.1, 0.15) is 70.6 Å². The first-order valence-corrected chi connectivity index (χ1v) is 13.3. The summed E-state index contributed by atoms with van der Waals surface area (Å²) in [7, 11) is -9.86. The normalized spacial score (nSPS) is 37.5. The number of carbonyl (C=O) groups is 2. The van der Waals surface area contributed by atoms with Crippen LogP contribution in [0.3, 0.4) is 0 Å². The van der Waals surface area contributed by atoms with Crippen molar-refractivity contribution in [2.24, 2.45) is 23.7 Å². The Morgan fingerprint density at radius 3 is 2.11 bits per heavy atom. The van der Waals surface area contributed by atoms with Crippen molar-refractivity contribution in [3.05, 3.63) is 0 Å². The minimum atomic E-state index is -5.17. The molecule has 0 aromatic heterocycles. The second-order valence-corrected chi connectivity index (χ2v) is 12.2. The SMILES string of the molecule is O=C1CCC2CCC(CC(=O)CC(P(=O)(O)OP(=O)(O)O)C3CCC3CC1)C2. The fourth-order valence-corrected chi connectivity index (χ4v) is 8.30. The van der Waals surface area contributed by atoms with Gasteiger partial charge in [0.05, 0.1) is 5.66 Å². The van der Waals surface area contributed by atoms with Gasteiger partial charge >= 0.3 is 15.4 Å². The van der Waals surface area contributed by atoms with Gasteiger partial charge in [0.2, 0.25) is 0 Å². The summed E-state index contributed by atoms with van der Waals surface area (Å²) in [5.41, 5.74) is -1.12. The number of carbonyl (C=O) groups excluding carboxylic acids is 2. The van der Waals surface area contributed by atoms with E-state index in [0.29, 0.717) is 38.0 Å². The summed E-state index contributed by atoms with van der Waals surface area (Å²) in [6.07, 6.45) is 6.71. The van der Waals surface area contributed by atoms with E-state index in [1.165, 1.54) is 0 Å². The van der Waals surface area contributed by atoms with Crippen molar-refractivity contribution < 1.29 is 37.7 Å². The van der Waals surface area contributed by atoms with Gasteiger partial charge in [-0.1, -0.05) is 6.42 Å². The first-order valence-electron chi connectivity index (χ1n) is 10.2. The molecule has 160 valence electrons. The van der Waals surface area contributed by atoms with Gasteiger partial charge < -0.3 is 14.7 Å². The zero-order chi connectivity index (χ0) is 20.5. The number of rotatable bonds is 3. The number of Topliss-reactive ketones (excluding diaryl/α,β-unsaturated/α-hetero) is 2. The molecule has 3 aliphatic carbocycles. The van der Waals surface area contributed by atoms with Gasteiger partial charge in [0, 0.05) is 25.7 Å². The molecule has 3 rings (SSSR count). The second-order valence-electron chi connectivity index (χ2n) is 8.81. The molecule has 8 nitrogen and oxygen atoms in total. The van der Waals surface area contributed by atoms with Gasteiger partial charge in [0.1, 0.15) is 11.6 Å². The first-order chi connectivity index (χ1) is 13.0. The average Bonchev–Trinajstić information content (AvgIpc) is 2.95. The first kappa shape index (κ1) is 22.3. The summed E-state index contributed by atoms with van der Waals surface area (Å²) in [6, 6.07) is 0. The van der Waals surface area contributed by atoms with E-state index < -0.39 is 21.1 Å². The number of phosphoric acid groups is 1. The Hall–Kier alpha value is -0.360. The maximum absolute atomic E-state index is 12.7. The van der Waals surface area contributed by atoms with Crippen LogP contribution in [-0.4, -0.2) is 31.9 Å². The molecule has 3 fully saturated rings. The van der Waals surface area contributed by atoms with Crippen molar-refractivity contribution in [3.63, 3.8) is 0 Å².